The van der Waals surface area contributed by atoms with Crippen molar-refractivity contribution in [2.24, 2.45) is 5.41 Å². The van der Waals surface area contributed by atoms with Gasteiger partial charge in [-0.2, -0.15) is 0 Å². The van der Waals surface area contributed by atoms with Crippen molar-refractivity contribution in [3.63, 3.8) is 0 Å². The first kappa shape index (κ1) is 18.2. The highest BCUT2D eigenvalue weighted by molar-refractivity contribution is 5.67. The molecule has 25 heavy (non-hydrogen) atoms. The number of carbonyl (C=O) groups is 1. The quantitative estimate of drug-likeness (QED) is 0.796. The van der Waals surface area contributed by atoms with Crippen LogP contribution < -0.4 is 10.6 Å². The Morgan fingerprint density at radius 2 is 1.88 bits per heavy atom. The minimum absolute atomic E-state index is 0.184. The molecule has 2 atom stereocenters. The third-order valence-corrected chi connectivity index (χ3v) is 5.66. The summed E-state index contributed by atoms with van der Waals surface area (Å²) < 4.78 is 11.1. The average Bonchev–Trinajstić information content (AvgIpc) is 2.57. The van der Waals surface area contributed by atoms with E-state index in [0.717, 1.165) is 31.4 Å². The van der Waals surface area contributed by atoms with E-state index in [1.165, 1.54) is 0 Å². The monoisotopic (exact) mass is 346 g/mol. The van der Waals surface area contributed by atoms with Gasteiger partial charge in [0.25, 0.3) is 0 Å². The van der Waals surface area contributed by atoms with Gasteiger partial charge in [0, 0.05) is 30.1 Å². The molecular formula is C20H30N2O3. The van der Waals surface area contributed by atoms with Gasteiger partial charge in [0.15, 0.2) is 0 Å². The van der Waals surface area contributed by atoms with E-state index in [9.17, 15) is 4.79 Å². The summed E-state index contributed by atoms with van der Waals surface area (Å²) in [5.41, 5.74) is 1.19. The molecule has 2 unspecified atom stereocenters. The molecule has 2 aliphatic rings. The van der Waals surface area contributed by atoms with Crippen molar-refractivity contribution in [1.29, 1.82) is 0 Å². The van der Waals surface area contributed by atoms with Crippen LogP contribution in [0.3, 0.4) is 0 Å². The molecule has 0 aromatic heterocycles. The van der Waals surface area contributed by atoms with Crippen molar-refractivity contribution in [2.75, 3.05) is 6.61 Å². The second-order valence-electron chi connectivity index (χ2n) is 7.79. The Morgan fingerprint density at radius 1 is 1.16 bits per heavy atom. The molecule has 0 radical (unpaired) electrons. The maximum Gasteiger partial charge on any atom is 0.407 e. The molecule has 1 amide bonds. The number of benzene rings is 1. The molecule has 1 aromatic carbocycles. The summed E-state index contributed by atoms with van der Waals surface area (Å²) in [5, 5.41) is 6.67. The lowest BCUT2D eigenvalue weighted by Crippen LogP contribution is -2.65. The maximum atomic E-state index is 11.9. The highest BCUT2D eigenvalue weighted by atomic mass is 16.5. The van der Waals surface area contributed by atoms with Crippen LogP contribution in [0.15, 0.2) is 30.3 Å². The van der Waals surface area contributed by atoms with E-state index < -0.39 is 0 Å². The largest absolute Gasteiger partial charge is 0.445 e. The van der Waals surface area contributed by atoms with Gasteiger partial charge in [0.1, 0.15) is 6.61 Å². The molecule has 2 aliphatic carbocycles. The minimum Gasteiger partial charge on any atom is -0.445 e. The van der Waals surface area contributed by atoms with E-state index in [0.29, 0.717) is 24.8 Å². The van der Waals surface area contributed by atoms with Crippen LogP contribution in [0.2, 0.25) is 0 Å². The number of hydrogen-bond acceptors (Lipinski definition) is 4. The lowest BCUT2D eigenvalue weighted by Gasteiger charge is -2.54. The van der Waals surface area contributed by atoms with Crippen molar-refractivity contribution in [3.05, 3.63) is 35.9 Å². The van der Waals surface area contributed by atoms with E-state index in [-0.39, 0.29) is 17.6 Å². The Balaban J connectivity index is 1.31. The van der Waals surface area contributed by atoms with Crippen molar-refractivity contribution < 1.29 is 14.3 Å². The summed E-state index contributed by atoms with van der Waals surface area (Å²) in [4.78, 5) is 11.9. The molecule has 0 spiro atoms. The molecule has 2 fully saturated rings. The van der Waals surface area contributed by atoms with E-state index in [2.05, 4.69) is 31.4 Å². The van der Waals surface area contributed by atoms with Crippen LogP contribution in [0.5, 0.6) is 0 Å². The molecule has 0 bridgehead atoms. The standard InChI is InChI=1S/C20H30N2O3/c1-4-24-18-12-17(20(18,2)3)21-15-10-16(11-15)22-19(23)25-13-14-8-6-5-7-9-14/h5-9,15-18,21H,4,10-13H2,1-3H3,(H,22,23). The summed E-state index contributed by atoms with van der Waals surface area (Å²) in [6.45, 7) is 7.68. The molecule has 5 nitrogen and oxygen atoms in total. The van der Waals surface area contributed by atoms with Gasteiger partial charge in [-0.25, -0.2) is 4.79 Å². The predicted molar refractivity (Wildman–Crippen MR) is 97.3 cm³/mol. The lowest BCUT2D eigenvalue weighted by molar-refractivity contribution is -0.118. The lowest BCUT2D eigenvalue weighted by atomic mass is 9.63. The Hall–Kier alpha value is -1.59. The molecular weight excluding hydrogens is 316 g/mol. The van der Waals surface area contributed by atoms with Crippen LogP contribution in [0.1, 0.15) is 45.6 Å². The van der Waals surface area contributed by atoms with Crippen molar-refractivity contribution >= 4 is 6.09 Å². The zero-order valence-corrected chi connectivity index (χ0v) is 15.5. The van der Waals surface area contributed by atoms with Gasteiger partial charge in [-0.3, -0.25) is 0 Å². The van der Waals surface area contributed by atoms with Crippen molar-refractivity contribution in [1.82, 2.24) is 10.6 Å². The van der Waals surface area contributed by atoms with E-state index in [4.69, 9.17) is 9.47 Å². The number of alkyl carbamates (subject to hydrolysis) is 1. The summed E-state index contributed by atoms with van der Waals surface area (Å²) in [6.07, 6.45) is 3.04. The van der Waals surface area contributed by atoms with Crippen molar-refractivity contribution in [3.8, 4) is 0 Å². The summed E-state index contributed by atoms with van der Waals surface area (Å²) >= 11 is 0. The molecule has 1 aromatic rings. The number of nitrogens with one attached hydrogen (secondary N) is 2. The van der Waals surface area contributed by atoms with Crippen LogP contribution in [-0.2, 0) is 16.1 Å². The first-order valence-corrected chi connectivity index (χ1v) is 9.34. The third kappa shape index (κ3) is 4.33. The van der Waals surface area contributed by atoms with Gasteiger partial charge in [-0.1, -0.05) is 44.2 Å². The number of amides is 1. The second kappa shape index (κ2) is 7.75. The highest BCUT2D eigenvalue weighted by Crippen LogP contribution is 2.43. The normalized spacial score (nSPS) is 30.0. The summed E-state index contributed by atoms with van der Waals surface area (Å²) in [6, 6.07) is 10.9. The van der Waals surface area contributed by atoms with Crippen LogP contribution >= 0.6 is 0 Å². The minimum atomic E-state index is -0.326. The van der Waals surface area contributed by atoms with Gasteiger partial charge in [0.05, 0.1) is 6.10 Å². The van der Waals surface area contributed by atoms with E-state index in [1.807, 2.05) is 30.3 Å². The average molecular weight is 346 g/mol. The zero-order valence-electron chi connectivity index (χ0n) is 15.5. The van der Waals surface area contributed by atoms with E-state index in [1.54, 1.807) is 0 Å². The number of ether oxygens (including phenoxy) is 2. The highest BCUT2D eigenvalue weighted by Gasteiger charge is 2.50. The summed E-state index contributed by atoms with van der Waals surface area (Å²) in [7, 11) is 0. The second-order valence-corrected chi connectivity index (χ2v) is 7.79. The third-order valence-electron chi connectivity index (χ3n) is 5.66. The number of rotatable bonds is 7. The van der Waals surface area contributed by atoms with Crippen LogP contribution in [0.4, 0.5) is 4.79 Å². The molecule has 2 N–H and O–H groups in total. The molecule has 138 valence electrons. The van der Waals surface area contributed by atoms with E-state index >= 15 is 0 Å². The predicted octanol–water partition coefficient (Wildman–Crippen LogP) is 3.24. The van der Waals surface area contributed by atoms with Gasteiger partial charge in [-0.15, -0.1) is 0 Å². The molecule has 5 heteroatoms. The Labute approximate surface area is 150 Å². The molecule has 0 heterocycles. The maximum absolute atomic E-state index is 11.9. The fourth-order valence-corrected chi connectivity index (χ4v) is 3.74. The zero-order chi connectivity index (χ0) is 17.9. The van der Waals surface area contributed by atoms with Crippen molar-refractivity contribution in [2.45, 2.75) is 70.9 Å². The fraction of sp³-hybridized carbons (Fsp3) is 0.650. The van der Waals surface area contributed by atoms with Gasteiger partial charge in [0.2, 0.25) is 0 Å². The van der Waals surface area contributed by atoms with Gasteiger partial charge in [-0.05, 0) is 31.7 Å². The summed E-state index contributed by atoms with van der Waals surface area (Å²) in [5.74, 6) is 0. The molecule has 0 aliphatic heterocycles. The topological polar surface area (TPSA) is 59.6 Å². The number of carbonyl (C=O) groups excluding carboxylic acids is 1. The van der Waals surface area contributed by atoms with Crippen LogP contribution in [-0.4, -0.2) is 36.9 Å². The Bertz CT molecular complexity index is 570. The first-order chi connectivity index (χ1) is 12.0. The number of hydrogen-bond donors (Lipinski definition) is 2. The van der Waals surface area contributed by atoms with Crippen LogP contribution in [0.25, 0.3) is 0 Å². The van der Waals surface area contributed by atoms with Crippen LogP contribution in [0, 0.1) is 5.41 Å². The first-order valence-electron chi connectivity index (χ1n) is 9.34. The molecule has 0 saturated heterocycles. The smallest absolute Gasteiger partial charge is 0.407 e. The Kier molecular flexibility index (Phi) is 5.64. The SMILES string of the molecule is CCOC1CC(NC2CC(NC(=O)OCc3ccccc3)C2)C1(C)C. The molecule has 3 rings (SSSR count). The Morgan fingerprint density at radius 3 is 2.52 bits per heavy atom. The molecule has 2 saturated carbocycles. The van der Waals surface area contributed by atoms with Gasteiger partial charge < -0.3 is 20.1 Å². The fourth-order valence-electron chi connectivity index (χ4n) is 3.74. The van der Waals surface area contributed by atoms with Gasteiger partial charge >= 0.3 is 6.09 Å².